The molecule has 0 saturated heterocycles. The fourth-order valence-corrected chi connectivity index (χ4v) is 3.53. The Morgan fingerprint density at radius 2 is 2.16 bits per heavy atom. The Morgan fingerprint density at radius 1 is 1.53 bits per heavy atom. The molecule has 0 bridgehead atoms. The van der Waals surface area contributed by atoms with Crippen molar-refractivity contribution in [3.8, 4) is 0 Å². The van der Waals surface area contributed by atoms with E-state index in [0.29, 0.717) is 11.8 Å². The van der Waals surface area contributed by atoms with Crippen molar-refractivity contribution < 1.29 is 9.53 Å². The number of hydrogen-bond acceptors (Lipinski definition) is 2. The lowest BCUT2D eigenvalue weighted by Gasteiger charge is -2.42. The van der Waals surface area contributed by atoms with Crippen LogP contribution in [0.3, 0.4) is 0 Å². The third kappa shape index (κ3) is 4.36. The van der Waals surface area contributed by atoms with Crippen molar-refractivity contribution in [2.45, 2.75) is 73.3 Å². The molecule has 0 aromatic rings. The van der Waals surface area contributed by atoms with Crippen molar-refractivity contribution in [3.63, 3.8) is 0 Å². The molecule has 1 rings (SSSR count). The van der Waals surface area contributed by atoms with Gasteiger partial charge < -0.3 is 4.74 Å². The molecule has 0 N–H and O–H groups in total. The fraction of sp³-hybridized carbons (Fsp3) is 0.824. The van der Waals surface area contributed by atoms with Crippen molar-refractivity contribution in [2.24, 2.45) is 17.3 Å². The molecule has 2 unspecified atom stereocenters. The van der Waals surface area contributed by atoms with Gasteiger partial charge in [0.1, 0.15) is 6.10 Å². The third-order valence-electron chi connectivity index (χ3n) is 4.46. The van der Waals surface area contributed by atoms with Crippen LogP contribution in [0, 0.1) is 17.3 Å². The summed E-state index contributed by atoms with van der Waals surface area (Å²) in [5.41, 5.74) is 1.52. The van der Waals surface area contributed by atoms with E-state index in [2.05, 4.69) is 40.7 Å². The second kappa shape index (κ2) is 6.58. The van der Waals surface area contributed by atoms with Crippen LogP contribution in [0.2, 0.25) is 0 Å². The maximum absolute atomic E-state index is 11.5. The van der Waals surface area contributed by atoms with Crippen molar-refractivity contribution >= 4 is 5.97 Å². The molecule has 2 heteroatoms. The molecule has 19 heavy (non-hydrogen) atoms. The van der Waals surface area contributed by atoms with E-state index in [1.807, 2.05) is 0 Å². The first-order valence-corrected chi connectivity index (χ1v) is 7.60. The van der Waals surface area contributed by atoms with Crippen LogP contribution in [0.25, 0.3) is 0 Å². The van der Waals surface area contributed by atoms with Gasteiger partial charge in [-0.1, -0.05) is 45.8 Å². The molecule has 110 valence electrons. The maximum atomic E-state index is 11.5. The highest BCUT2D eigenvalue weighted by Crippen LogP contribution is 2.41. The smallest absolute Gasteiger partial charge is 0.302 e. The lowest BCUT2D eigenvalue weighted by Crippen LogP contribution is -2.43. The number of carbonyl (C=O) groups excluding carboxylic acids is 1. The Balaban J connectivity index is 2.93. The Kier molecular flexibility index (Phi) is 5.64. The Hall–Kier alpha value is -0.790. The van der Waals surface area contributed by atoms with Gasteiger partial charge in [0.25, 0.3) is 0 Å². The zero-order valence-electron chi connectivity index (χ0n) is 13.5. The van der Waals surface area contributed by atoms with Crippen LogP contribution in [0.4, 0.5) is 0 Å². The summed E-state index contributed by atoms with van der Waals surface area (Å²) in [6.07, 6.45) is 6.74. The van der Waals surface area contributed by atoms with E-state index in [1.165, 1.54) is 12.5 Å². The number of hydrogen-bond donors (Lipinski definition) is 0. The van der Waals surface area contributed by atoms with Crippen molar-refractivity contribution in [1.82, 2.24) is 0 Å². The van der Waals surface area contributed by atoms with Crippen LogP contribution < -0.4 is 0 Å². The molecule has 0 amide bonds. The van der Waals surface area contributed by atoms with E-state index in [1.54, 1.807) is 0 Å². The summed E-state index contributed by atoms with van der Waals surface area (Å²) in [5, 5.41) is 0. The van der Waals surface area contributed by atoms with Gasteiger partial charge in [-0.2, -0.15) is 0 Å². The summed E-state index contributed by atoms with van der Waals surface area (Å²) < 4.78 is 5.74. The van der Waals surface area contributed by atoms with Crippen LogP contribution in [-0.4, -0.2) is 12.1 Å². The SMILES string of the molecule is CCCC(C)(C)C(OC(C)=O)C1CC=C(C)C[C@@H]1C. The lowest BCUT2D eigenvalue weighted by molar-refractivity contribution is -0.159. The van der Waals surface area contributed by atoms with Crippen LogP contribution in [0.15, 0.2) is 11.6 Å². The van der Waals surface area contributed by atoms with Crippen LogP contribution in [-0.2, 0) is 9.53 Å². The van der Waals surface area contributed by atoms with Crippen molar-refractivity contribution in [1.29, 1.82) is 0 Å². The number of allylic oxidation sites excluding steroid dienone is 2. The van der Waals surface area contributed by atoms with E-state index < -0.39 is 0 Å². The molecule has 0 aromatic carbocycles. The first-order chi connectivity index (χ1) is 8.77. The number of ether oxygens (including phenoxy) is 1. The highest BCUT2D eigenvalue weighted by Gasteiger charge is 2.40. The minimum atomic E-state index is -0.146. The lowest BCUT2D eigenvalue weighted by atomic mass is 9.68. The highest BCUT2D eigenvalue weighted by molar-refractivity contribution is 5.66. The first-order valence-electron chi connectivity index (χ1n) is 7.60. The maximum Gasteiger partial charge on any atom is 0.302 e. The molecule has 1 aliphatic rings. The summed E-state index contributed by atoms with van der Waals surface area (Å²) in [7, 11) is 0. The Labute approximate surface area is 118 Å². The van der Waals surface area contributed by atoms with Gasteiger partial charge in [0.2, 0.25) is 0 Å². The predicted molar refractivity (Wildman–Crippen MR) is 79.9 cm³/mol. The Morgan fingerprint density at radius 3 is 2.63 bits per heavy atom. The standard InChI is InChI=1S/C17H30O2/c1-7-10-17(5,6)16(19-14(4)18)15-9-8-12(2)11-13(15)3/h8,13,15-16H,7,9-11H2,1-6H3/t13-,15?,16?/m0/s1. The molecular weight excluding hydrogens is 236 g/mol. The number of carbonyl (C=O) groups is 1. The van der Waals surface area contributed by atoms with Gasteiger partial charge in [0.05, 0.1) is 0 Å². The van der Waals surface area contributed by atoms with Gasteiger partial charge in [-0.05, 0) is 32.1 Å². The van der Waals surface area contributed by atoms with Crippen LogP contribution in [0.1, 0.15) is 67.2 Å². The van der Waals surface area contributed by atoms with E-state index in [-0.39, 0.29) is 17.5 Å². The van der Waals surface area contributed by atoms with E-state index >= 15 is 0 Å². The molecule has 1 aliphatic carbocycles. The molecule has 0 radical (unpaired) electrons. The number of rotatable bonds is 5. The molecule has 0 heterocycles. The highest BCUT2D eigenvalue weighted by atomic mass is 16.5. The zero-order valence-corrected chi connectivity index (χ0v) is 13.5. The van der Waals surface area contributed by atoms with Gasteiger partial charge in [-0.25, -0.2) is 0 Å². The average molecular weight is 266 g/mol. The quantitative estimate of drug-likeness (QED) is 0.531. The molecule has 0 saturated carbocycles. The van der Waals surface area contributed by atoms with Gasteiger partial charge in [0, 0.05) is 18.3 Å². The zero-order chi connectivity index (χ0) is 14.6. The minimum absolute atomic E-state index is 0.0318. The van der Waals surface area contributed by atoms with Crippen molar-refractivity contribution in [3.05, 3.63) is 11.6 Å². The van der Waals surface area contributed by atoms with Gasteiger partial charge in [0.15, 0.2) is 0 Å². The molecular formula is C17H30O2. The fourth-order valence-electron chi connectivity index (χ4n) is 3.53. The van der Waals surface area contributed by atoms with Crippen molar-refractivity contribution in [2.75, 3.05) is 0 Å². The van der Waals surface area contributed by atoms with Gasteiger partial charge in [-0.3, -0.25) is 4.79 Å². The van der Waals surface area contributed by atoms with Crippen LogP contribution >= 0.6 is 0 Å². The topological polar surface area (TPSA) is 26.3 Å². The average Bonchev–Trinajstić information content (AvgIpc) is 2.26. The van der Waals surface area contributed by atoms with Crippen LogP contribution in [0.5, 0.6) is 0 Å². The molecule has 2 nitrogen and oxygen atoms in total. The summed E-state index contributed by atoms with van der Waals surface area (Å²) in [4.78, 5) is 11.5. The van der Waals surface area contributed by atoms with E-state index in [4.69, 9.17) is 4.74 Å². The predicted octanol–water partition coefficient (Wildman–Crippen LogP) is 4.74. The van der Waals surface area contributed by atoms with E-state index in [0.717, 1.165) is 25.7 Å². The van der Waals surface area contributed by atoms with Gasteiger partial charge in [-0.15, -0.1) is 0 Å². The largest absolute Gasteiger partial charge is 0.462 e. The molecule has 0 aromatic heterocycles. The normalized spacial score (nSPS) is 25.7. The third-order valence-corrected chi connectivity index (χ3v) is 4.46. The molecule has 0 spiro atoms. The second-order valence-corrected chi connectivity index (χ2v) is 6.90. The minimum Gasteiger partial charge on any atom is -0.462 e. The summed E-state index contributed by atoms with van der Waals surface area (Å²) in [6, 6.07) is 0. The summed E-state index contributed by atoms with van der Waals surface area (Å²) in [5.74, 6) is 0.896. The number of esters is 1. The molecule has 3 atom stereocenters. The monoisotopic (exact) mass is 266 g/mol. The van der Waals surface area contributed by atoms with E-state index in [9.17, 15) is 4.79 Å². The molecule has 0 aliphatic heterocycles. The van der Waals surface area contributed by atoms with Gasteiger partial charge >= 0.3 is 5.97 Å². The summed E-state index contributed by atoms with van der Waals surface area (Å²) >= 11 is 0. The Bertz CT molecular complexity index is 341. The second-order valence-electron chi connectivity index (χ2n) is 6.90. The summed E-state index contributed by atoms with van der Waals surface area (Å²) in [6.45, 7) is 12.7. The first kappa shape index (κ1) is 16.3. The molecule has 0 fully saturated rings.